The third-order valence-electron chi connectivity index (χ3n) is 3.86. The highest BCUT2D eigenvalue weighted by Crippen LogP contribution is 2.52. The number of carbonyl (C=O) groups excluding carboxylic acids is 1. The van der Waals surface area contributed by atoms with E-state index < -0.39 is 0 Å². The van der Waals surface area contributed by atoms with Crippen LogP contribution in [0.3, 0.4) is 0 Å². The molecule has 0 radical (unpaired) electrons. The molecule has 1 saturated carbocycles. The number of carbonyl (C=O) groups is 1. The maximum atomic E-state index is 11.4. The number of fused-ring (bicyclic) bond motifs is 1. The molecule has 1 heterocycles. The van der Waals surface area contributed by atoms with Crippen LogP contribution in [-0.2, 0) is 9.53 Å². The molecule has 1 aromatic heterocycles. The Morgan fingerprint density at radius 1 is 1.35 bits per heavy atom. The number of hydrogen-bond acceptors (Lipinski definition) is 4. The molecule has 0 N–H and O–H groups in total. The Balaban J connectivity index is 1.73. The standard InChI is InChI=1S/C16H17NO2S/c1-19-14(18)10-16(7-8-16)11-20-15-13-5-3-2-4-12(13)6-9-17-15/h2-6,9H,7-8,10-11H2,1H3. The number of thioether (sulfide) groups is 1. The molecule has 0 saturated heterocycles. The number of ether oxygens (including phenoxy) is 1. The predicted octanol–water partition coefficient (Wildman–Crippen LogP) is 3.67. The highest BCUT2D eigenvalue weighted by atomic mass is 32.2. The lowest BCUT2D eigenvalue weighted by molar-refractivity contribution is -0.141. The molecular weight excluding hydrogens is 270 g/mol. The van der Waals surface area contributed by atoms with Crippen LogP contribution in [-0.4, -0.2) is 23.8 Å². The summed E-state index contributed by atoms with van der Waals surface area (Å²) in [4.78, 5) is 15.9. The molecule has 104 valence electrons. The first kappa shape index (κ1) is 13.4. The van der Waals surface area contributed by atoms with E-state index in [2.05, 4.69) is 17.1 Å². The van der Waals surface area contributed by atoms with Crippen molar-refractivity contribution in [3.8, 4) is 0 Å². The van der Waals surface area contributed by atoms with E-state index in [0.29, 0.717) is 6.42 Å². The summed E-state index contributed by atoms with van der Waals surface area (Å²) in [7, 11) is 1.46. The fourth-order valence-electron chi connectivity index (χ4n) is 2.36. The zero-order chi connectivity index (χ0) is 14.0. The van der Waals surface area contributed by atoms with Gasteiger partial charge >= 0.3 is 5.97 Å². The third-order valence-corrected chi connectivity index (χ3v) is 5.21. The number of nitrogens with zero attached hydrogens (tertiary/aromatic N) is 1. The lowest BCUT2D eigenvalue weighted by Crippen LogP contribution is -2.13. The Bertz CT molecular complexity index is 632. The van der Waals surface area contributed by atoms with Gasteiger partial charge in [-0.2, -0.15) is 0 Å². The van der Waals surface area contributed by atoms with E-state index in [0.717, 1.165) is 23.6 Å². The van der Waals surface area contributed by atoms with Crippen LogP contribution < -0.4 is 0 Å². The van der Waals surface area contributed by atoms with Crippen molar-refractivity contribution in [2.24, 2.45) is 5.41 Å². The van der Waals surface area contributed by atoms with Crippen LogP contribution in [0.1, 0.15) is 19.3 Å². The second-order valence-electron chi connectivity index (χ2n) is 5.38. The minimum atomic E-state index is -0.103. The SMILES string of the molecule is COC(=O)CC1(CSc2nccc3ccccc23)CC1. The largest absolute Gasteiger partial charge is 0.469 e. The Morgan fingerprint density at radius 2 is 2.15 bits per heavy atom. The molecule has 20 heavy (non-hydrogen) atoms. The normalized spacial score (nSPS) is 16.1. The quantitative estimate of drug-likeness (QED) is 0.621. The van der Waals surface area contributed by atoms with Crippen LogP contribution in [0.2, 0.25) is 0 Å². The summed E-state index contributed by atoms with van der Waals surface area (Å²) in [6.07, 6.45) is 4.60. The minimum absolute atomic E-state index is 0.103. The van der Waals surface area contributed by atoms with Crippen LogP contribution in [0.25, 0.3) is 10.8 Å². The first-order valence-corrected chi connectivity index (χ1v) is 7.74. The fourth-order valence-corrected chi connectivity index (χ4v) is 3.67. The van der Waals surface area contributed by atoms with E-state index >= 15 is 0 Å². The van der Waals surface area contributed by atoms with Crippen molar-refractivity contribution >= 4 is 28.5 Å². The highest BCUT2D eigenvalue weighted by molar-refractivity contribution is 7.99. The molecule has 0 aliphatic heterocycles. The molecule has 0 bridgehead atoms. The van der Waals surface area contributed by atoms with E-state index in [1.54, 1.807) is 11.8 Å². The molecule has 1 fully saturated rings. The van der Waals surface area contributed by atoms with E-state index in [1.165, 1.54) is 17.9 Å². The van der Waals surface area contributed by atoms with Crippen molar-refractivity contribution in [3.63, 3.8) is 0 Å². The van der Waals surface area contributed by atoms with Gasteiger partial charge in [-0.15, -0.1) is 11.8 Å². The monoisotopic (exact) mass is 287 g/mol. The van der Waals surface area contributed by atoms with Gasteiger partial charge in [0.2, 0.25) is 0 Å². The summed E-state index contributed by atoms with van der Waals surface area (Å²) in [6, 6.07) is 10.3. The Kier molecular flexibility index (Phi) is 3.66. The van der Waals surface area contributed by atoms with Gasteiger partial charge in [-0.25, -0.2) is 4.98 Å². The maximum Gasteiger partial charge on any atom is 0.306 e. The van der Waals surface area contributed by atoms with Gasteiger partial charge in [0, 0.05) is 17.3 Å². The second-order valence-corrected chi connectivity index (χ2v) is 6.34. The number of methoxy groups -OCH3 is 1. The number of rotatable bonds is 5. The molecule has 3 nitrogen and oxygen atoms in total. The van der Waals surface area contributed by atoms with Gasteiger partial charge in [0.05, 0.1) is 13.5 Å². The van der Waals surface area contributed by atoms with E-state index in [4.69, 9.17) is 4.74 Å². The second kappa shape index (κ2) is 5.44. The van der Waals surface area contributed by atoms with Crippen LogP contribution in [0.15, 0.2) is 41.6 Å². The Morgan fingerprint density at radius 3 is 2.90 bits per heavy atom. The van der Waals surface area contributed by atoms with E-state index in [1.807, 2.05) is 24.4 Å². The molecule has 2 aromatic rings. The zero-order valence-electron chi connectivity index (χ0n) is 11.5. The molecule has 4 heteroatoms. The Labute approximate surface area is 122 Å². The first-order chi connectivity index (χ1) is 9.72. The van der Waals surface area contributed by atoms with Crippen LogP contribution >= 0.6 is 11.8 Å². The van der Waals surface area contributed by atoms with Crippen LogP contribution in [0, 0.1) is 5.41 Å². The van der Waals surface area contributed by atoms with Crippen LogP contribution in [0.5, 0.6) is 0 Å². The molecule has 3 rings (SSSR count). The molecular formula is C16H17NO2S. The summed E-state index contributed by atoms with van der Waals surface area (Å²) < 4.78 is 4.78. The van der Waals surface area contributed by atoms with Crippen molar-refractivity contribution in [2.45, 2.75) is 24.3 Å². The number of aromatic nitrogens is 1. The average Bonchev–Trinajstić information content (AvgIpc) is 3.25. The molecule has 0 unspecified atom stereocenters. The van der Waals surface area contributed by atoms with Gasteiger partial charge in [-0.05, 0) is 29.7 Å². The van der Waals surface area contributed by atoms with Crippen LogP contribution in [0.4, 0.5) is 0 Å². The van der Waals surface area contributed by atoms with Gasteiger partial charge in [0.1, 0.15) is 5.03 Å². The predicted molar refractivity (Wildman–Crippen MR) is 80.8 cm³/mol. The molecule has 0 atom stereocenters. The van der Waals surface area contributed by atoms with Gasteiger partial charge in [0.25, 0.3) is 0 Å². The van der Waals surface area contributed by atoms with Crippen molar-refractivity contribution in [3.05, 3.63) is 36.5 Å². The summed E-state index contributed by atoms with van der Waals surface area (Å²) >= 11 is 1.75. The van der Waals surface area contributed by atoms with Crippen molar-refractivity contribution in [2.75, 3.05) is 12.9 Å². The fraction of sp³-hybridized carbons (Fsp3) is 0.375. The van der Waals surface area contributed by atoms with Gasteiger partial charge < -0.3 is 4.74 Å². The van der Waals surface area contributed by atoms with E-state index in [9.17, 15) is 4.79 Å². The molecule has 1 aliphatic carbocycles. The van der Waals surface area contributed by atoms with Gasteiger partial charge in [-0.1, -0.05) is 24.3 Å². The number of hydrogen-bond donors (Lipinski definition) is 0. The zero-order valence-corrected chi connectivity index (χ0v) is 12.3. The highest BCUT2D eigenvalue weighted by Gasteiger charge is 2.44. The summed E-state index contributed by atoms with van der Waals surface area (Å²) in [6.45, 7) is 0. The maximum absolute atomic E-state index is 11.4. The molecule has 0 spiro atoms. The topological polar surface area (TPSA) is 39.2 Å². The Hall–Kier alpha value is -1.55. The van der Waals surface area contributed by atoms with E-state index in [-0.39, 0.29) is 11.4 Å². The minimum Gasteiger partial charge on any atom is -0.469 e. The summed E-state index contributed by atoms with van der Waals surface area (Å²) in [5.74, 6) is 0.831. The molecule has 0 amide bonds. The van der Waals surface area contributed by atoms with Crippen molar-refractivity contribution in [1.29, 1.82) is 0 Å². The lowest BCUT2D eigenvalue weighted by Gasteiger charge is -2.13. The van der Waals surface area contributed by atoms with Gasteiger partial charge in [-0.3, -0.25) is 4.79 Å². The lowest BCUT2D eigenvalue weighted by atomic mass is 10.1. The van der Waals surface area contributed by atoms with Crippen molar-refractivity contribution in [1.82, 2.24) is 4.98 Å². The van der Waals surface area contributed by atoms with Gasteiger partial charge in [0.15, 0.2) is 0 Å². The molecule has 1 aliphatic rings. The number of benzene rings is 1. The van der Waals surface area contributed by atoms with Crippen molar-refractivity contribution < 1.29 is 9.53 Å². The number of esters is 1. The third kappa shape index (κ3) is 2.80. The summed E-state index contributed by atoms with van der Waals surface area (Å²) in [5.41, 5.74) is 0.135. The average molecular weight is 287 g/mol. The number of pyridine rings is 1. The summed E-state index contributed by atoms with van der Waals surface area (Å²) in [5, 5.41) is 3.45. The molecule has 1 aromatic carbocycles. The smallest absolute Gasteiger partial charge is 0.306 e. The first-order valence-electron chi connectivity index (χ1n) is 6.76.